The molecule has 2 N–H and O–H groups in total. The molecular formula is C15H10FN3O2. The Morgan fingerprint density at radius 1 is 1.19 bits per heavy atom. The van der Waals surface area contributed by atoms with Crippen molar-refractivity contribution < 1.29 is 14.3 Å². The highest BCUT2D eigenvalue weighted by molar-refractivity contribution is 5.93. The van der Waals surface area contributed by atoms with Gasteiger partial charge in [0.15, 0.2) is 5.82 Å². The zero-order valence-electron chi connectivity index (χ0n) is 10.7. The summed E-state index contributed by atoms with van der Waals surface area (Å²) in [5, 5.41) is 21.1. The number of fused-ring (bicyclic) bond motifs is 1. The summed E-state index contributed by atoms with van der Waals surface area (Å²) in [4.78, 5) is 10.8. The standard InChI is InChI=1S/C15H10FN3O2/c16-12-7-9(15(20)21)5-6-13(12)18-14-11-4-2-1-3-10(11)8-17-19-14/h1-8H,(H,18,19)(H,20,21). The minimum atomic E-state index is -1.18. The fraction of sp³-hybridized carbons (Fsp3) is 0. The smallest absolute Gasteiger partial charge is 0.335 e. The topological polar surface area (TPSA) is 75.1 Å². The molecular weight excluding hydrogens is 273 g/mol. The van der Waals surface area contributed by atoms with Crippen molar-refractivity contribution in [3.05, 3.63) is 60.0 Å². The zero-order valence-corrected chi connectivity index (χ0v) is 10.7. The van der Waals surface area contributed by atoms with E-state index in [1.165, 1.54) is 12.1 Å². The Hall–Kier alpha value is -3.02. The van der Waals surface area contributed by atoms with Crippen LogP contribution in [0, 0.1) is 5.82 Å². The number of carbonyl (C=O) groups is 1. The second-order valence-corrected chi connectivity index (χ2v) is 4.41. The summed E-state index contributed by atoms with van der Waals surface area (Å²) < 4.78 is 13.9. The molecule has 0 unspecified atom stereocenters. The molecule has 0 amide bonds. The molecule has 1 heterocycles. The highest BCUT2D eigenvalue weighted by Crippen LogP contribution is 2.25. The van der Waals surface area contributed by atoms with Crippen LogP contribution < -0.4 is 5.32 Å². The van der Waals surface area contributed by atoms with Gasteiger partial charge in [0.2, 0.25) is 0 Å². The van der Waals surface area contributed by atoms with Gasteiger partial charge >= 0.3 is 5.97 Å². The number of carboxylic acid groups (broad SMARTS) is 1. The SMILES string of the molecule is O=C(O)c1ccc(Nc2nncc3ccccc23)c(F)c1. The van der Waals surface area contributed by atoms with Crippen molar-refractivity contribution >= 4 is 28.2 Å². The second kappa shape index (κ2) is 5.16. The van der Waals surface area contributed by atoms with Crippen molar-refractivity contribution in [2.45, 2.75) is 0 Å². The Labute approximate surface area is 119 Å². The molecule has 6 heteroatoms. The molecule has 0 fully saturated rings. The van der Waals surface area contributed by atoms with Crippen molar-refractivity contribution in [2.75, 3.05) is 5.32 Å². The normalized spacial score (nSPS) is 10.5. The molecule has 5 nitrogen and oxygen atoms in total. The molecule has 0 radical (unpaired) electrons. The van der Waals surface area contributed by atoms with Crippen LogP contribution in [0.1, 0.15) is 10.4 Å². The highest BCUT2D eigenvalue weighted by atomic mass is 19.1. The summed E-state index contributed by atoms with van der Waals surface area (Å²) in [6.45, 7) is 0. The predicted octanol–water partition coefficient (Wildman–Crippen LogP) is 3.21. The Bertz CT molecular complexity index is 831. The maximum Gasteiger partial charge on any atom is 0.335 e. The summed E-state index contributed by atoms with van der Waals surface area (Å²) in [7, 11) is 0. The number of anilines is 2. The van der Waals surface area contributed by atoms with Gasteiger partial charge in [0.05, 0.1) is 17.4 Å². The fourth-order valence-corrected chi connectivity index (χ4v) is 2.00. The van der Waals surface area contributed by atoms with Crippen LogP contribution in [0.25, 0.3) is 10.8 Å². The molecule has 3 aromatic rings. The largest absolute Gasteiger partial charge is 0.478 e. The molecule has 0 spiro atoms. The van der Waals surface area contributed by atoms with E-state index >= 15 is 0 Å². The van der Waals surface area contributed by atoms with Crippen LogP contribution in [0.5, 0.6) is 0 Å². The minimum absolute atomic E-state index is 0.109. The summed E-state index contributed by atoms with van der Waals surface area (Å²) in [6, 6.07) is 11.1. The molecule has 0 aliphatic rings. The van der Waals surface area contributed by atoms with E-state index in [0.29, 0.717) is 5.82 Å². The summed E-state index contributed by atoms with van der Waals surface area (Å²) in [6.07, 6.45) is 1.62. The molecule has 0 aliphatic carbocycles. The van der Waals surface area contributed by atoms with E-state index in [9.17, 15) is 9.18 Å². The first kappa shape index (κ1) is 13.0. The number of aromatic nitrogens is 2. The Morgan fingerprint density at radius 2 is 2.00 bits per heavy atom. The minimum Gasteiger partial charge on any atom is -0.478 e. The molecule has 2 aromatic carbocycles. The molecule has 3 rings (SSSR count). The van der Waals surface area contributed by atoms with Gasteiger partial charge in [-0.15, -0.1) is 5.10 Å². The first-order valence-electron chi connectivity index (χ1n) is 6.15. The zero-order chi connectivity index (χ0) is 14.8. The van der Waals surface area contributed by atoms with E-state index < -0.39 is 11.8 Å². The fourth-order valence-electron chi connectivity index (χ4n) is 2.00. The van der Waals surface area contributed by atoms with E-state index in [4.69, 9.17) is 5.11 Å². The van der Waals surface area contributed by atoms with Crippen molar-refractivity contribution in [3.63, 3.8) is 0 Å². The van der Waals surface area contributed by atoms with Gasteiger partial charge in [-0.3, -0.25) is 0 Å². The lowest BCUT2D eigenvalue weighted by Crippen LogP contribution is -2.01. The quantitative estimate of drug-likeness (QED) is 0.772. The number of hydrogen-bond donors (Lipinski definition) is 2. The maximum atomic E-state index is 13.9. The third kappa shape index (κ3) is 2.51. The third-order valence-corrected chi connectivity index (χ3v) is 3.04. The van der Waals surface area contributed by atoms with Gasteiger partial charge < -0.3 is 10.4 Å². The number of rotatable bonds is 3. The Kier molecular flexibility index (Phi) is 3.19. The number of carboxylic acids is 1. The van der Waals surface area contributed by atoms with Crippen molar-refractivity contribution in [2.24, 2.45) is 0 Å². The second-order valence-electron chi connectivity index (χ2n) is 4.41. The number of nitrogens with zero attached hydrogens (tertiary/aromatic N) is 2. The van der Waals surface area contributed by atoms with E-state index in [1.807, 2.05) is 24.3 Å². The predicted molar refractivity (Wildman–Crippen MR) is 76.2 cm³/mol. The van der Waals surface area contributed by atoms with Crippen LogP contribution in [0.2, 0.25) is 0 Å². The van der Waals surface area contributed by atoms with Gasteiger partial charge in [0, 0.05) is 10.8 Å². The molecule has 21 heavy (non-hydrogen) atoms. The van der Waals surface area contributed by atoms with Crippen LogP contribution in [-0.4, -0.2) is 21.3 Å². The number of aromatic carboxylic acids is 1. The number of nitrogens with one attached hydrogen (secondary N) is 1. The van der Waals surface area contributed by atoms with Gasteiger partial charge in [0.25, 0.3) is 0 Å². The van der Waals surface area contributed by atoms with Crippen LogP contribution in [0.15, 0.2) is 48.7 Å². The van der Waals surface area contributed by atoms with Crippen LogP contribution in [-0.2, 0) is 0 Å². The van der Waals surface area contributed by atoms with Gasteiger partial charge in [-0.2, -0.15) is 5.10 Å². The van der Waals surface area contributed by atoms with Crippen molar-refractivity contribution in [1.29, 1.82) is 0 Å². The molecule has 0 saturated heterocycles. The number of benzene rings is 2. The molecule has 1 aromatic heterocycles. The van der Waals surface area contributed by atoms with Crippen LogP contribution >= 0.6 is 0 Å². The summed E-state index contributed by atoms with van der Waals surface area (Å²) in [5.74, 6) is -1.43. The monoisotopic (exact) mass is 283 g/mol. The van der Waals surface area contributed by atoms with E-state index in [2.05, 4.69) is 15.5 Å². The molecule has 104 valence electrons. The molecule has 0 bridgehead atoms. The lowest BCUT2D eigenvalue weighted by Gasteiger charge is -2.09. The lowest BCUT2D eigenvalue weighted by molar-refractivity contribution is 0.0696. The Balaban J connectivity index is 2.01. The van der Waals surface area contributed by atoms with Crippen molar-refractivity contribution in [1.82, 2.24) is 10.2 Å². The molecule has 0 atom stereocenters. The average Bonchev–Trinajstić information content (AvgIpc) is 2.49. The highest BCUT2D eigenvalue weighted by Gasteiger charge is 2.10. The Morgan fingerprint density at radius 3 is 2.76 bits per heavy atom. The van der Waals surface area contributed by atoms with Gasteiger partial charge in [-0.05, 0) is 18.2 Å². The lowest BCUT2D eigenvalue weighted by atomic mass is 10.1. The van der Waals surface area contributed by atoms with Crippen molar-refractivity contribution in [3.8, 4) is 0 Å². The first-order chi connectivity index (χ1) is 10.1. The summed E-state index contributed by atoms with van der Waals surface area (Å²) >= 11 is 0. The van der Waals surface area contributed by atoms with E-state index in [-0.39, 0.29) is 11.3 Å². The van der Waals surface area contributed by atoms with Gasteiger partial charge in [0.1, 0.15) is 5.82 Å². The maximum absolute atomic E-state index is 13.9. The van der Waals surface area contributed by atoms with Crippen LogP contribution in [0.3, 0.4) is 0 Å². The van der Waals surface area contributed by atoms with E-state index in [1.54, 1.807) is 6.20 Å². The number of hydrogen-bond acceptors (Lipinski definition) is 4. The first-order valence-corrected chi connectivity index (χ1v) is 6.15. The van der Waals surface area contributed by atoms with Gasteiger partial charge in [-0.25, -0.2) is 9.18 Å². The molecule has 0 aliphatic heterocycles. The molecule has 0 saturated carbocycles. The van der Waals surface area contributed by atoms with Crippen LogP contribution in [0.4, 0.5) is 15.9 Å². The average molecular weight is 283 g/mol. The van der Waals surface area contributed by atoms with Gasteiger partial charge in [-0.1, -0.05) is 24.3 Å². The third-order valence-electron chi connectivity index (χ3n) is 3.04. The summed E-state index contributed by atoms with van der Waals surface area (Å²) in [5.41, 5.74) is 0.0349. The number of halogens is 1. The van der Waals surface area contributed by atoms with E-state index in [0.717, 1.165) is 16.8 Å².